The van der Waals surface area contributed by atoms with E-state index in [1.165, 1.54) is 18.2 Å². The van der Waals surface area contributed by atoms with Gasteiger partial charge in [-0.3, -0.25) is 14.9 Å². The second-order valence-electron chi connectivity index (χ2n) is 4.68. The first-order valence-corrected chi connectivity index (χ1v) is 6.72. The van der Waals surface area contributed by atoms with Gasteiger partial charge in [0.05, 0.1) is 16.6 Å². The standard InChI is InChI=1S/C13H15ClN2O4/c1-9-8-15(6-3-7-20-9)13(17)10-4-2-5-11(12(10)14)16(18)19/h2,4-5,9H,3,6-8H2,1H3. The van der Waals surface area contributed by atoms with Gasteiger partial charge in [0, 0.05) is 25.8 Å². The summed E-state index contributed by atoms with van der Waals surface area (Å²) in [5, 5.41) is 10.7. The zero-order valence-corrected chi connectivity index (χ0v) is 11.8. The Balaban J connectivity index is 2.28. The molecule has 0 spiro atoms. The Bertz CT molecular complexity index is 535. The van der Waals surface area contributed by atoms with E-state index in [4.69, 9.17) is 16.3 Å². The summed E-state index contributed by atoms with van der Waals surface area (Å²) in [7, 11) is 0. The largest absolute Gasteiger partial charge is 0.377 e. The SMILES string of the molecule is CC1CN(C(=O)c2cccc([N+](=O)[O-])c2Cl)CCCO1. The quantitative estimate of drug-likeness (QED) is 0.621. The van der Waals surface area contributed by atoms with Crippen LogP contribution in [0.5, 0.6) is 0 Å². The highest BCUT2D eigenvalue weighted by Gasteiger charge is 2.26. The predicted octanol–water partition coefficient (Wildman–Crippen LogP) is 2.50. The van der Waals surface area contributed by atoms with Crippen LogP contribution in [0.3, 0.4) is 0 Å². The first kappa shape index (κ1) is 14.7. The molecule has 108 valence electrons. The number of hydrogen-bond acceptors (Lipinski definition) is 4. The Hall–Kier alpha value is -1.66. The highest BCUT2D eigenvalue weighted by atomic mass is 35.5. The summed E-state index contributed by atoms with van der Waals surface area (Å²) in [6.45, 7) is 3.51. The summed E-state index contributed by atoms with van der Waals surface area (Å²) in [6.07, 6.45) is 0.682. The monoisotopic (exact) mass is 298 g/mol. The first-order chi connectivity index (χ1) is 9.50. The van der Waals surface area contributed by atoms with Crippen LogP contribution in [-0.2, 0) is 4.74 Å². The second-order valence-corrected chi connectivity index (χ2v) is 5.06. The van der Waals surface area contributed by atoms with Crippen molar-refractivity contribution < 1.29 is 14.5 Å². The molecule has 0 aromatic heterocycles. The van der Waals surface area contributed by atoms with E-state index >= 15 is 0 Å². The Morgan fingerprint density at radius 3 is 3.00 bits per heavy atom. The molecular weight excluding hydrogens is 284 g/mol. The molecule has 1 unspecified atom stereocenters. The summed E-state index contributed by atoms with van der Waals surface area (Å²) in [5.41, 5.74) is -0.0911. The van der Waals surface area contributed by atoms with Gasteiger partial charge < -0.3 is 9.64 Å². The molecule has 2 rings (SSSR count). The number of nitro groups is 1. The topological polar surface area (TPSA) is 72.7 Å². The number of nitro benzene ring substituents is 1. The molecule has 1 aromatic rings. The Kier molecular flexibility index (Phi) is 4.57. The molecule has 6 nitrogen and oxygen atoms in total. The smallest absolute Gasteiger partial charge is 0.288 e. The van der Waals surface area contributed by atoms with E-state index in [1.54, 1.807) is 4.90 Å². The molecular formula is C13H15ClN2O4. The van der Waals surface area contributed by atoms with Gasteiger partial charge in [0.1, 0.15) is 5.02 Å². The van der Waals surface area contributed by atoms with E-state index in [1.807, 2.05) is 6.92 Å². The van der Waals surface area contributed by atoms with Gasteiger partial charge in [-0.25, -0.2) is 0 Å². The zero-order chi connectivity index (χ0) is 14.7. The molecule has 20 heavy (non-hydrogen) atoms. The second kappa shape index (κ2) is 6.19. The van der Waals surface area contributed by atoms with Crippen LogP contribution in [0.4, 0.5) is 5.69 Å². The van der Waals surface area contributed by atoms with Gasteiger partial charge in [0.25, 0.3) is 11.6 Å². The number of carbonyl (C=O) groups excluding carboxylic acids is 1. The van der Waals surface area contributed by atoms with Crippen molar-refractivity contribution in [2.45, 2.75) is 19.4 Å². The maximum Gasteiger partial charge on any atom is 0.288 e. The average Bonchev–Trinajstić information content (AvgIpc) is 2.62. The maximum atomic E-state index is 12.5. The van der Waals surface area contributed by atoms with E-state index < -0.39 is 4.92 Å². The summed E-state index contributed by atoms with van der Waals surface area (Å²) in [5.74, 6) is -0.295. The van der Waals surface area contributed by atoms with Crippen LogP contribution >= 0.6 is 11.6 Å². The molecule has 1 saturated heterocycles. The van der Waals surface area contributed by atoms with Gasteiger partial charge in [-0.1, -0.05) is 17.7 Å². The minimum absolute atomic E-state index is 0.0566. The Labute approximate surface area is 121 Å². The van der Waals surface area contributed by atoms with Crippen molar-refractivity contribution in [3.63, 3.8) is 0 Å². The number of hydrogen-bond donors (Lipinski definition) is 0. The number of nitrogens with zero attached hydrogens (tertiary/aromatic N) is 2. The van der Waals surface area contributed by atoms with E-state index in [9.17, 15) is 14.9 Å². The molecule has 1 aromatic carbocycles. The molecule has 0 bridgehead atoms. The lowest BCUT2D eigenvalue weighted by atomic mass is 10.1. The molecule has 0 aliphatic carbocycles. The zero-order valence-electron chi connectivity index (χ0n) is 11.0. The lowest BCUT2D eigenvalue weighted by Gasteiger charge is -2.22. The minimum Gasteiger partial charge on any atom is -0.377 e. The van der Waals surface area contributed by atoms with Crippen LogP contribution in [0.15, 0.2) is 18.2 Å². The van der Waals surface area contributed by atoms with E-state index in [0.717, 1.165) is 6.42 Å². The van der Waals surface area contributed by atoms with Crippen molar-refractivity contribution in [2.75, 3.05) is 19.7 Å². The fraction of sp³-hybridized carbons (Fsp3) is 0.462. The van der Waals surface area contributed by atoms with Crippen molar-refractivity contribution in [3.05, 3.63) is 38.9 Å². The number of carbonyl (C=O) groups is 1. The molecule has 1 aliphatic heterocycles. The molecule has 0 N–H and O–H groups in total. The Morgan fingerprint density at radius 1 is 1.55 bits per heavy atom. The summed E-state index contributed by atoms with van der Waals surface area (Å²) < 4.78 is 5.48. The molecule has 0 saturated carbocycles. The Morgan fingerprint density at radius 2 is 2.30 bits per heavy atom. The highest BCUT2D eigenvalue weighted by Crippen LogP contribution is 2.28. The summed E-state index contributed by atoms with van der Waals surface area (Å²) >= 11 is 5.97. The lowest BCUT2D eigenvalue weighted by molar-refractivity contribution is -0.384. The fourth-order valence-electron chi connectivity index (χ4n) is 2.18. The molecule has 7 heteroatoms. The van der Waals surface area contributed by atoms with Crippen LogP contribution in [0.25, 0.3) is 0 Å². The number of halogens is 1. The van der Waals surface area contributed by atoms with E-state index in [0.29, 0.717) is 19.7 Å². The third kappa shape index (κ3) is 3.08. The number of ether oxygens (including phenoxy) is 1. The summed E-state index contributed by atoms with van der Waals surface area (Å²) in [4.78, 5) is 24.4. The highest BCUT2D eigenvalue weighted by molar-refractivity contribution is 6.35. The maximum absolute atomic E-state index is 12.5. The average molecular weight is 299 g/mol. The predicted molar refractivity (Wildman–Crippen MR) is 74.0 cm³/mol. The van der Waals surface area contributed by atoms with Crippen molar-refractivity contribution in [2.24, 2.45) is 0 Å². The lowest BCUT2D eigenvalue weighted by Crippen LogP contribution is -2.36. The molecule has 1 aliphatic rings. The van der Waals surface area contributed by atoms with Gasteiger partial charge in [-0.05, 0) is 19.4 Å². The number of amides is 1. The molecule has 1 heterocycles. The van der Waals surface area contributed by atoms with Gasteiger partial charge in [-0.2, -0.15) is 0 Å². The van der Waals surface area contributed by atoms with Crippen molar-refractivity contribution in [1.29, 1.82) is 0 Å². The molecule has 1 amide bonds. The van der Waals surface area contributed by atoms with Gasteiger partial charge in [-0.15, -0.1) is 0 Å². The molecule has 1 atom stereocenters. The molecule has 0 radical (unpaired) electrons. The number of rotatable bonds is 2. The van der Waals surface area contributed by atoms with Gasteiger partial charge in [0.2, 0.25) is 0 Å². The summed E-state index contributed by atoms with van der Waals surface area (Å²) in [6, 6.07) is 4.26. The van der Waals surface area contributed by atoms with Crippen LogP contribution in [0.2, 0.25) is 5.02 Å². The van der Waals surface area contributed by atoms with Crippen LogP contribution in [-0.4, -0.2) is 41.5 Å². The normalized spacial score (nSPS) is 19.5. The van der Waals surface area contributed by atoms with Crippen molar-refractivity contribution in [1.82, 2.24) is 4.90 Å². The van der Waals surface area contributed by atoms with E-state index in [-0.39, 0.29) is 28.3 Å². The van der Waals surface area contributed by atoms with E-state index in [2.05, 4.69) is 0 Å². The molecule has 1 fully saturated rings. The van der Waals surface area contributed by atoms with Crippen molar-refractivity contribution in [3.8, 4) is 0 Å². The van der Waals surface area contributed by atoms with Gasteiger partial charge in [0.15, 0.2) is 0 Å². The van der Waals surface area contributed by atoms with Crippen LogP contribution < -0.4 is 0 Å². The number of benzene rings is 1. The fourth-order valence-corrected chi connectivity index (χ4v) is 2.45. The third-order valence-electron chi connectivity index (χ3n) is 3.14. The minimum atomic E-state index is -0.590. The van der Waals surface area contributed by atoms with Crippen molar-refractivity contribution >= 4 is 23.2 Å². The third-order valence-corrected chi connectivity index (χ3v) is 3.54. The van der Waals surface area contributed by atoms with Gasteiger partial charge >= 0.3 is 0 Å². The van der Waals surface area contributed by atoms with Crippen LogP contribution in [0.1, 0.15) is 23.7 Å². The van der Waals surface area contributed by atoms with Crippen LogP contribution in [0, 0.1) is 10.1 Å². The first-order valence-electron chi connectivity index (χ1n) is 6.34.